The maximum Gasteiger partial charge on any atom is 0.0672 e. The Morgan fingerprint density at radius 2 is 2.00 bits per heavy atom. The number of thioether (sulfide) groups is 1. The minimum Gasteiger partial charge on any atom is -0.310 e. The van der Waals surface area contributed by atoms with Crippen molar-refractivity contribution in [3.63, 3.8) is 0 Å². The van der Waals surface area contributed by atoms with Gasteiger partial charge in [-0.25, -0.2) is 0 Å². The van der Waals surface area contributed by atoms with Crippen molar-refractivity contribution >= 4 is 11.8 Å². The third-order valence-corrected chi connectivity index (χ3v) is 5.19. The van der Waals surface area contributed by atoms with Crippen LogP contribution in [0.25, 0.3) is 0 Å². The minimum atomic E-state index is 0.273. The third kappa shape index (κ3) is 2.93. The highest BCUT2D eigenvalue weighted by molar-refractivity contribution is 7.99. The fourth-order valence-electron chi connectivity index (χ4n) is 3.13. The van der Waals surface area contributed by atoms with E-state index in [1.165, 1.54) is 38.5 Å². The Hall–Kier alpha value is -0.200. The van der Waals surface area contributed by atoms with E-state index in [0.29, 0.717) is 12.1 Å². The molecule has 1 N–H and O–H groups in total. The zero-order valence-electron chi connectivity index (χ0n) is 10.1. The lowest BCUT2D eigenvalue weighted by Crippen LogP contribution is -2.43. The lowest BCUT2D eigenvalue weighted by Gasteiger charge is -2.31. The fourth-order valence-corrected chi connectivity index (χ4v) is 3.95. The zero-order valence-corrected chi connectivity index (χ0v) is 10.9. The Labute approximate surface area is 103 Å². The Morgan fingerprint density at radius 3 is 2.75 bits per heavy atom. The van der Waals surface area contributed by atoms with Crippen LogP contribution in [-0.4, -0.2) is 23.6 Å². The molecule has 2 aliphatic carbocycles. The summed E-state index contributed by atoms with van der Waals surface area (Å²) < 4.78 is 0. The molecule has 16 heavy (non-hydrogen) atoms. The standard InChI is InChI=1S/C13H22N2S/c1-16-12-6-3-5-11(8-12)15-13-7-2-4-10(13)9-14/h10-13,15H,2-8H2,1H3. The van der Waals surface area contributed by atoms with Crippen molar-refractivity contribution in [2.45, 2.75) is 62.3 Å². The van der Waals surface area contributed by atoms with Crippen LogP contribution in [-0.2, 0) is 0 Å². The van der Waals surface area contributed by atoms with Gasteiger partial charge in [0.05, 0.1) is 12.0 Å². The number of nitriles is 1. The molecule has 0 saturated heterocycles. The fraction of sp³-hybridized carbons (Fsp3) is 0.923. The number of nitrogens with one attached hydrogen (secondary N) is 1. The number of hydrogen-bond donors (Lipinski definition) is 1. The molecule has 0 aliphatic heterocycles. The molecular formula is C13H22N2S. The molecule has 0 aromatic rings. The zero-order chi connectivity index (χ0) is 11.4. The Balaban J connectivity index is 1.82. The van der Waals surface area contributed by atoms with Crippen molar-refractivity contribution in [2.75, 3.05) is 6.26 Å². The molecule has 0 aromatic heterocycles. The van der Waals surface area contributed by atoms with Crippen molar-refractivity contribution < 1.29 is 0 Å². The molecule has 4 unspecified atom stereocenters. The van der Waals surface area contributed by atoms with E-state index >= 15 is 0 Å². The van der Waals surface area contributed by atoms with Crippen molar-refractivity contribution in [3.8, 4) is 6.07 Å². The van der Waals surface area contributed by atoms with Gasteiger partial charge in [-0.15, -0.1) is 0 Å². The van der Waals surface area contributed by atoms with Crippen molar-refractivity contribution in [2.24, 2.45) is 5.92 Å². The molecular weight excluding hydrogens is 216 g/mol. The summed E-state index contributed by atoms with van der Waals surface area (Å²) in [5.74, 6) is 0.273. The number of nitrogens with zero attached hydrogens (tertiary/aromatic N) is 1. The van der Waals surface area contributed by atoms with Gasteiger partial charge in [-0.3, -0.25) is 0 Å². The average molecular weight is 238 g/mol. The molecule has 0 heterocycles. The second kappa shape index (κ2) is 5.93. The van der Waals surface area contributed by atoms with E-state index in [1.54, 1.807) is 0 Å². The summed E-state index contributed by atoms with van der Waals surface area (Å²) in [5.41, 5.74) is 0. The van der Waals surface area contributed by atoms with Gasteiger partial charge in [-0.2, -0.15) is 17.0 Å². The summed E-state index contributed by atoms with van der Waals surface area (Å²) in [4.78, 5) is 0. The molecule has 0 amide bonds. The van der Waals surface area contributed by atoms with Crippen LogP contribution in [0.4, 0.5) is 0 Å². The molecule has 3 heteroatoms. The van der Waals surface area contributed by atoms with Gasteiger partial charge in [0.25, 0.3) is 0 Å². The molecule has 2 rings (SSSR count). The molecule has 2 fully saturated rings. The summed E-state index contributed by atoms with van der Waals surface area (Å²) in [6.45, 7) is 0. The lowest BCUT2D eigenvalue weighted by molar-refractivity contribution is 0.325. The largest absolute Gasteiger partial charge is 0.310 e. The van der Waals surface area contributed by atoms with Gasteiger partial charge in [0.1, 0.15) is 0 Å². The highest BCUT2D eigenvalue weighted by atomic mass is 32.2. The van der Waals surface area contributed by atoms with Gasteiger partial charge in [-0.05, 0) is 38.4 Å². The van der Waals surface area contributed by atoms with Gasteiger partial charge < -0.3 is 5.32 Å². The highest BCUT2D eigenvalue weighted by Crippen LogP contribution is 2.30. The van der Waals surface area contributed by atoms with E-state index in [4.69, 9.17) is 5.26 Å². The monoisotopic (exact) mass is 238 g/mol. The molecule has 0 bridgehead atoms. The second-order valence-corrected chi connectivity index (χ2v) is 6.30. The molecule has 2 nitrogen and oxygen atoms in total. The van der Waals surface area contributed by atoms with Crippen LogP contribution in [0.5, 0.6) is 0 Å². The van der Waals surface area contributed by atoms with Crippen LogP contribution in [0, 0.1) is 17.2 Å². The van der Waals surface area contributed by atoms with Crippen molar-refractivity contribution in [3.05, 3.63) is 0 Å². The van der Waals surface area contributed by atoms with Crippen LogP contribution in [0.15, 0.2) is 0 Å². The van der Waals surface area contributed by atoms with E-state index in [9.17, 15) is 0 Å². The first-order valence-electron chi connectivity index (χ1n) is 6.52. The number of hydrogen-bond acceptors (Lipinski definition) is 3. The minimum absolute atomic E-state index is 0.273. The molecule has 90 valence electrons. The smallest absolute Gasteiger partial charge is 0.0672 e. The van der Waals surface area contributed by atoms with Crippen LogP contribution in [0.2, 0.25) is 0 Å². The van der Waals surface area contributed by atoms with Crippen molar-refractivity contribution in [1.29, 1.82) is 5.26 Å². The van der Waals surface area contributed by atoms with E-state index in [2.05, 4.69) is 17.6 Å². The predicted molar refractivity (Wildman–Crippen MR) is 69.4 cm³/mol. The maximum atomic E-state index is 9.07. The van der Waals surface area contributed by atoms with Gasteiger partial charge in [0.2, 0.25) is 0 Å². The normalized spacial score (nSPS) is 39.5. The molecule has 2 aliphatic rings. The molecule has 0 radical (unpaired) electrons. The number of rotatable bonds is 3. The summed E-state index contributed by atoms with van der Waals surface area (Å²) in [5, 5.41) is 13.7. The van der Waals surface area contributed by atoms with Crippen molar-refractivity contribution in [1.82, 2.24) is 5.32 Å². The molecule has 0 spiro atoms. The van der Waals surface area contributed by atoms with Gasteiger partial charge in [0.15, 0.2) is 0 Å². The van der Waals surface area contributed by atoms with Gasteiger partial charge in [0, 0.05) is 17.3 Å². The highest BCUT2D eigenvalue weighted by Gasteiger charge is 2.30. The maximum absolute atomic E-state index is 9.07. The quantitative estimate of drug-likeness (QED) is 0.821. The first-order chi connectivity index (χ1) is 7.83. The van der Waals surface area contributed by atoms with E-state index in [1.807, 2.05) is 11.8 Å². The van der Waals surface area contributed by atoms with Gasteiger partial charge in [-0.1, -0.05) is 12.8 Å². The van der Waals surface area contributed by atoms with Crippen LogP contribution in [0.1, 0.15) is 44.9 Å². The van der Waals surface area contributed by atoms with E-state index in [0.717, 1.165) is 11.7 Å². The van der Waals surface area contributed by atoms with Crippen LogP contribution >= 0.6 is 11.8 Å². The summed E-state index contributed by atoms with van der Waals surface area (Å²) in [6, 6.07) is 3.61. The Bertz CT molecular complexity index is 261. The SMILES string of the molecule is CSC1CCCC(NC2CCCC2C#N)C1. The van der Waals surface area contributed by atoms with Crippen LogP contribution < -0.4 is 5.32 Å². The predicted octanol–water partition coefficient (Wildman–Crippen LogP) is 2.94. The summed E-state index contributed by atoms with van der Waals surface area (Å²) >= 11 is 2.01. The summed E-state index contributed by atoms with van der Waals surface area (Å²) in [7, 11) is 0. The first-order valence-corrected chi connectivity index (χ1v) is 7.80. The Kier molecular flexibility index (Phi) is 4.55. The lowest BCUT2D eigenvalue weighted by atomic mass is 9.93. The second-order valence-electron chi connectivity index (χ2n) is 5.16. The van der Waals surface area contributed by atoms with Gasteiger partial charge >= 0.3 is 0 Å². The molecule has 0 aromatic carbocycles. The first kappa shape index (κ1) is 12.3. The topological polar surface area (TPSA) is 35.8 Å². The van der Waals surface area contributed by atoms with E-state index in [-0.39, 0.29) is 5.92 Å². The van der Waals surface area contributed by atoms with Crippen LogP contribution in [0.3, 0.4) is 0 Å². The van der Waals surface area contributed by atoms with E-state index < -0.39 is 0 Å². The summed E-state index contributed by atoms with van der Waals surface area (Å²) in [6.07, 6.45) is 11.1. The Morgan fingerprint density at radius 1 is 1.19 bits per heavy atom. The third-order valence-electron chi connectivity index (χ3n) is 4.09. The molecule has 4 atom stereocenters. The molecule has 2 saturated carbocycles. The average Bonchev–Trinajstić information content (AvgIpc) is 2.76.